The van der Waals surface area contributed by atoms with Crippen molar-refractivity contribution in [2.45, 2.75) is 4.34 Å². The van der Waals surface area contributed by atoms with E-state index in [0.29, 0.717) is 9.47 Å². The number of carbonyl (C=O) groups is 1. The van der Waals surface area contributed by atoms with Crippen LogP contribution in [-0.4, -0.2) is 27.0 Å². The Hall–Kier alpha value is -0.870. The highest BCUT2D eigenvalue weighted by molar-refractivity contribution is 14.1. The molecule has 0 unspecified atom stereocenters. The Morgan fingerprint density at radius 2 is 2.33 bits per heavy atom. The van der Waals surface area contributed by atoms with Gasteiger partial charge in [0.15, 0.2) is 4.34 Å². The molecule has 0 saturated carbocycles. The van der Waals surface area contributed by atoms with Crippen molar-refractivity contribution in [3.63, 3.8) is 0 Å². The molecule has 18 heavy (non-hydrogen) atoms. The van der Waals surface area contributed by atoms with Gasteiger partial charge in [0.1, 0.15) is 0 Å². The van der Waals surface area contributed by atoms with Gasteiger partial charge >= 0.3 is 5.97 Å². The second kappa shape index (κ2) is 6.34. The highest BCUT2D eigenvalue weighted by Crippen LogP contribution is 2.27. The summed E-state index contributed by atoms with van der Waals surface area (Å²) >= 11 is 4.74. The lowest BCUT2D eigenvalue weighted by Gasteiger charge is -2.01. The van der Waals surface area contributed by atoms with Gasteiger partial charge in [0.25, 0.3) is 0 Å². The van der Waals surface area contributed by atoms with Gasteiger partial charge in [-0.3, -0.25) is 4.79 Å². The highest BCUT2D eigenvalue weighted by Gasteiger charge is 2.07. The monoisotopic (exact) mass is 393 g/mol. The zero-order chi connectivity index (χ0) is 13.0. The molecule has 2 N–H and O–H groups in total. The Kier molecular flexibility index (Phi) is 4.78. The molecule has 94 valence electrons. The number of rotatable bonds is 5. The predicted molar refractivity (Wildman–Crippen MR) is 80.7 cm³/mol. The number of aliphatic carboxylic acids is 1. The van der Waals surface area contributed by atoms with Crippen LogP contribution in [0.25, 0.3) is 0 Å². The Morgan fingerprint density at radius 3 is 3.06 bits per heavy atom. The van der Waals surface area contributed by atoms with Crippen LogP contribution in [0.4, 0.5) is 10.8 Å². The van der Waals surface area contributed by atoms with Crippen LogP contribution in [0.15, 0.2) is 28.6 Å². The van der Waals surface area contributed by atoms with Crippen molar-refractivity contribution >= 4 is 62.5 Å². The van der Waals surface area contributed by atoms with Gasteiger partial charge in [-0.25, -0.2) is 0 Å². The van der Waals surface area contributed by atoms with E-state index in [0.717, 1.165) is 9.26 Å². The summed E-state index contributed by atoms with van der Waals surface area (Å²) < 4.78 is 1.77. The molecule has 0 fully saturated rings. The first kappa shape index (κ1) is 13.6. The van der Waals surface area contributed by atoms with Crippen molar-refractivity contribution in [2.75, 3.05) is 11.1 Å². The van der Waals surface area contributed by atoms with Crippen LogP contribution in [0.1, 0.15) is 0 Å². The smallest absolute Gasteiger partial charge is 0.313 e. The lowest BCUT2D eigenvalue weighted by Crippen LogP contribution is -1.96. The van der Waals surface area contributed by atoms with Crippen LogP contribution in [0.5, 0.6) is 0 Å². The van der Waals surface area contributed by atoms with E-state index in [1.807, 2.05) is 24.3 Å². The van der Waals surface area contributed by atoms with Gasteiger partial charge in [-0.1, -0.05) is 29.2 Å². The maximum Gasteiger partial charge on any atom is 0.313 e. The normalized spacial score (nSPS) is 10.3. The molecule has 0 radical (unpaired) electrons. The number of benzene rings is 1. The van der Waals surface area contributed by atoms with Crippen molar-refractivity contribution in [3.05, 3.63) is 27.8 Å². The molecule has 8 heteroatoms. The van der Waals surface area contributed by atoms with Crippen molar-refractivity contribution in [2.24, 2.45) is 0 Å². The van der Waals surface area contributed by atoms with Crippen molar-refractivity contribution in [3.8, 4) is 0 Å². The van der Waals surface area contributed by atoms with Gasteiger partial charge in [0.2, 0.25) is 5.13 Å². The number of aromatic nitrogens is 2. The minimum Gasteiger partial charge on any atom is -0.481 e. The molecule has 2 aromatic rings. The number of hydrogen-bond donors (Lipinski definition) is 2. The Balaban J connectivity index is 2.00. The zero-order valence-electron chi connectivity index (χ0n) is 8.96. The van der Waals surface area contributed by atoms with Crippen LogP contribution in [0.3, 0.4) is 0 Å². The fourth-order valence-corrected chi connectivity index (χ4v) is 3.17. The summed E-state index contributed by atoms with van der Waals surface area (Å²) in [7, 11) is 0. The van der Waals surface area contributed by atoms with E-state index in [2.05, 4.69) is 38.1 Å². The number of hydrogen-bond acceptors (Lipinski definition) is 6. The second-order valence-electron chi connectivity index (χ2n) is 3.19. The largest absolute Gasteiger partial charge is 0.481 e. The molecular formula is C10H8IN3O2S2. The summed E-state index contributed by atoms with van der Waals surface area (Å²) in [5.74, 6) is -0.861. The number of carboxylic acid groups (broad SMARTS) is 1. The standard InChI is InChI=1S/C10H8IN3O2S2/c11-6-2-1-3-7(4-6)12-9-13-14-10(18-9)17-5-8(15)16/h1-4H,5H2,(H,12,13)(H,15,16). The van der Waals surface area contributed by atoms with Crippen LogP contribution >= 0.6 is 45.7 Å². The number of nitrogens with one attached hydrogen (secondary N) is 1. The van der Waals surface area contributed by atoms with E-state index in [-0.39, 0.29) is 5.75 Å². The summed E-state index contributed by atoms with van der Waals surface area (Å²) in [6, 6.07) is 7.88. The molecule has 0 aliphatic rings. The molecule has 0 aliphatic heterocycles. The molecule has 0 spiro atoms. The molecule has 1 aromatic heterocycles. The number of halogens is 1. The molecular weight excluding hydrogens is 385 g/mol. The first-order valence-electron chi connectivity index (χ1n) is 4.84. The summed E-state index contributed by atoms with van der Waals surface area (Å²) in [5.41, 5.74) is 0.938. The third-order valence-electron chi connectivity index (χ3n) is 1.80. The average Bonchev–Trinajstić information content (AvgIpc) is 2.74. The van der Waals surface area contributed by atoms with Gasteiger partial charge < -0.3 is 10.4 Å². The van der Waals surface area contributed by atoms with Gasteiger partial charge in [0.05, 0.1) is 5.75 Å². The third kappa shape index (κ3) is 4.10. The van der Waals surface area contributed by atoms with E-state index in [4.69, 9.17) is 5.11 Å². The number of thioether (sulfide) groups is 1. The van der Waals surface area contributed by atoms with Crippen LogP contribution in [0.2, 0.25) is 0 Å². The second-order valence-corrected chi connectivity index (χ2v) is 6.64. The Bertz CT molecular complexity index is 562. The molecule has 0 amide bonds. The molecule has 1 aromatic carbocycles. The van der Waals surface area contributed by atoms with Crippen LogP contribution in [-0.2, 0) is 4.79 Å². The number of carboxylic acids is 1. The first-order valence-corrected chi connectivity index (χ1v) is 7.72. The number of anilines is 2. The van der Waals surface area contributed by atoms with Crippen molar-refractivity contribution < 1.29 is 9.90 Å². The third-order valence-corrected chi connectivity index (χ3v) is 4.43. The molecule has 0 saturated heterocycles. The van der Waals surface area contributed by atoms with E-state index in [1.165, 1.54) is 23.1 Å². The lowest BCUT2D eigenvalue weighted by molar-refractivity contribution is -0.133. The van der Waals surface area contributed by atoms with E-state index in [9.17, 15) is 4.79 Å². The van der Waals surface area contributed by atoms with Crippen LogP contribution < -0.4 is 5.32 Å². The van der Waals surface area contributed by atoms with E-state index < -0.39 is 5.97 Å². The lowest BCUT2D eigenvalue weighted by atomic mass is 10.3. The predicted octanol–water partition coefficient (Wildman–Crippen LogP) is 3.06. The minimum absolute atomic E-state index is 0.00211. The van der Waals surface area contributed by atoms with Gasteiger partial charge in [-0.05, 0) is 40.8 Å². The summed E-state index contributed by atoms with van der Waals surface area (Å²) in [6.45, 7) is 0. The highest BCUT2D eigenvalue weighted by atomic mass is 127. The minimum atomic E-state index is -0.859. The molecule has 0 aliphatic carbocycles. The van der Waals surface area contributed by atoms with Gasteiger partial charge in [-0.2, -0.15) is 0 Å². The van der Waals surface area contributed by atoms with Crippen LogP contribution in [0, 0.1) is 3.57 Å². The fraction of sp³-hybridized carbons (Fsp3) is 0.100. The molecule has 0 atom stereocenters. The topological polar surface area (TPSA) is 75.1 Å². The molecule has 5 nitrogen and oxygen atoms in total. The Labute approximate surface area is 125 Å². The van der Waals surface area contributed by atoms with E-state index in [1.54, 1.807) is 0 Å². The zero-order valence-corrected chi connectivity index (χ0v) is 12.8. The van der Waals surface area contributed by atoms with Gasteiger partial charge in [0, 0.05) is 9.26 Å². The van der Waals surface area contributed by atoms with E-state index >= 15 is 0 Å². The molecule has 2 rings (SSSR count). The Morgan fingerprint density at radius 1 is 1.50 bits per heavy atom. The SMILES string of the molecule is O=C(O)CSc1nnc(Nc2cccc(I)c2)s1. The molecule has 0 bridgehead atoms. The average molecular weight is 393 g/mol. The summed E-state index contributed by atoms with van der Waals surface area (Å²) in [5, 5.41) is 20.2. The van der Waals surface area contributed by atoms with Crippen molar-refractivity contribution in [1.82, 2.24) is 10.2 Å². The summed E-state index contributed by atoms with van der Waals surface area (Å²) in [6.07, 6.45) is 0. The fourth-order valence-electron chi connectivity index (χ4n) is 1.13. The number of nitrogens with zero attached hydrogens (tertiary/aromatic N) is 2. The maximum atomic E-state index is 10.4. The van der Waals surface area contributed by atoms with Gasteiger partial charge in [-0.15, -0.1) is 10.2 Å². The first-order chi connectivity index (χ1) is 8.63. The quantitative estimate of drug-likeness (QED) is 0.601. The maximum absolute atomic E-state index is 10.4. The van der Waals surface area contributed by atoms with Crippen molar-refractivity contribution in [1.29, 1.82) is 0 Å². The molecule has 1 heterocycles. The summed E-state index contributed by atoms with van der Waals surface area (Å²) in [4.78, 5) is 10.4.